The van der Waals surface area contributed by atoms with E-state index < -0.39 is 11.6 Å². The van der Waals surface area contributed by atoms with Crippen molar-refractivity contribution in [2.75, 3.05) is 0 Å². The molecule has 0 aromatic carbocycles. The van der Waals surface area contributed by atoms with Gasteiger partial charge in [-0.3, -0.25) is 4.79 Å². The first-order valence-electron chi connectivity index (χ1n) is 5.11. The van der Waals surface area contributed by atoms with E-state index in [-0.39, 0.29) is 6.42 Å². The summed E-state index contributed by atoms with van der Waals surface area (Å²) in [6, 6.07) is 1.91. The molecule has 0 saturated heterocycles. The van der Waals surface area contributed by atoms with Crippen LogP contribution in [0.15, 0.2) is 10.5 Å². The van der Waals surface area contributed by atoms with Gasteiger partial charge >= 0.3 is 5.97 Å². The molecule has 0 aliphatic heterocycles. The highest BCUT2D eigenvalue weighted by molar-refractivity contribution is 5.68. The van der Waals surface area contributed by atoms with Crippen molar-refractivity contribution in [3.63, 3.8) is 0 Å². The minimum atomic E-state index is -1.30. The van der Waals surface area contributed by atoms with Crippen molar-refractivity contribution in [2.24, 2.45) is 0 Å². The van der Waals surface area contributed by atoms with Gasteiger partial charge in [0.2, 0.25) is 0 Å². The van der Waals surface area contributed by atoms with Gasteiger partial charge in [-0.25, -0.2) is 0 Å². The Balaban J connectivity index is 2.33. The monoisotopic (exact) mass is 210 g/mol. The summed E-state index contributed by atoms with van der Waals surface area (Å²) in [6.07, 6.45) is 1.62. The van der Waals surface area contributed by atoms with Crippen LogP contribution < -0.4 is 0 Å². The van der Waals surface area contributed by atoms with Crippen LogP contribution in [-0.2, 0) is 23.2 Å². The molecule has 4 heteroatoms. The summed E-state index contributed by atoms with van der Waals surface area (Å²) in [6.45, 7) is 1.96. The summed E-state index contributed by atoms with van der Waals surface area (Å²) in [5.74, 6) is 0.269. The Hall–Kier alpha value is -1.29. The van der Waals surface area contributed by atoms with Crippen LogP contribution in [0.3, 0.4) is 0 Å². The predicted molar refractivity (Wildman–Crippen MR) is 52.6 cm³/mol. The highest BCUT2D eigenvalue weighted by Gasteiger charge is 2.42. The lowest BCUT2D eigenvalue weighted by Crippen LogP contribution is -2.25. The van der Waals surface area contributed by atoms with E-state index in [1.54, 1.807) is 0 Å². The van der Waals surface area contributed by atoms with E-state index >= 15 is 0 Å². The maximum absolute atomic E-state index is 10.6. The van der Waals surface area contributed by atoms with E-state index in [0.717, 1.165) is 17.7 Å². The van der Waals surface area contributed by atoms with Gasteiger partial charge in [0.05, 0.1) is 6.42 Å². The van der Waals surface area contributed by atoms with Crippen LogP contribution in [0.5, 0.6) is 0 Å². The number of furan rings is 1. The first-order chi connectivity index (χ1) is 7.05. The molecule has 4 nitrogen and oxygen atoms in total. The summed E-state index contributed by atoms with van der Waals surface area (Å²) < 4.78 is 5.48. The fraction of sp³-hybridized carbons (Fsp3) is 0.545. The van der Waals surface area contributed by atoms with Gasteiger partial charge in [-0.1, -0.05) is 6.92 Å². The van der Waals surface area contributed by atoms with E-state index in [4.69, 9.17) is 9.52 Å². The SMILES string of the molecule is CCc1cc2c(o1)C(O)(CC(=O)O)CC2. The van der Waals surface area contributed by atoms with Crippen molar-refractivity contribution in [1.82, 2.24) is 0 Å². The van der Waals surface area contributed by atoms with E-state index in [2.05, 4.69) is 0 Å². The predicted octanol–water partition coefficient (Wildman–Crippen LogP) is 1.45. The van der Waals surface area contributed by atoms with Crippen LogP contribution in [0.2, 0.25) is 0 Å². The van der Waals surface area contributed by atoms with Crippen molar-refractivity contribution in [1.29, 1.82) is 0 Å². The Labute approximate surface area is 87.5 Å². The molecule has 0 fully saturated rings. The molecule has 1 aliphatic rings. The number of carboxylic acids is 1. The van der Waals surface area contributed by atoms with Crippen molar-refractivity contribution < 1.29 is 19.4 Å². The average molecular weight is 210 g/mol. The van der Waals surface area contributed by atoms with Crippen LogP contribution in [0.1, 0.15) is 36.8 Å². The summed E-state index contributed by atoms with van der Waals surface area (Å²) in [5.41, 5.74) is -0.343. The van der Waals surface area contributed by atoms with Gasteiger partial charge < -0.3 is 14.6 Å². The number of aliphatic carboxylic acids is 1. The third kappa shape index (κ3) is 1.65. The fourth-order valence-electron chi connectivity index (χ4n) is 2.11. The minimum Gasteiger partial charge on any atom is -0.481 e. The van der Waals surface area contributed by atoms with Crippen molar-refractivity contribution >= 4 is 5.97 Å². The number of carboxylic acid groups (broad SMARTS) is 1. The van der Waals surface area contributed by atoms with Crippen molar-refractivity contribution in [3.8, 4) is 0 Å². The lowest BCUT2D eigenvalue weighted by atomic mass is 9.98. The number of aliphatic hydroxyl groups is 1. The second-order valence-electron chi connectivity index (χ2n) is 4.02. The molecule has 82 valence electrons. The maximum atomic E-state index is 10.6. The van der Waals surface area contributed by atoms with Crippen molar-refractivity contribution in [2.45, 2.75) is 38.2 Å². The molecular formula is C11H14O4. The van der Waals surface area contributed by atoms with Crippen LogP contribution in [-0.4, -0.2) is 16.2 Å². The number of carbonyl (C=O) groups is 1. The van der Waals surface area contributed by atoms with Gasteiger partial charge in [-0.15, -0.1) is 0 Å². The molecule has 2 N–H and O–H groups in total. The first kappa shape index (κ1) is 10.2. The second-order valence-corrected chi connectivity index (χ2v) is 4.02. The molecule has 0 saturated carbocycles. The molecule has 2 rings (SSSR count). The quantitative estimate of drug-likeness (QED) is 0.792. The number of fused-ring (bicyclic) bond motifs is 1. The van der Waals surface area contributed by atoms with E-state index in [1.165, 1.54) is 0 Å². The largest absolute Gasteiger partial charge is 0.481 e. The standard InChI is InChI=1S/C11H14O4/c1-2-8-5-7-3-4-11(14,6-9(12)13)10(7)15-8/h5,14H,2-4,6H2,1H3,(H,12,13). The molecule has 1 aromatic rings. The summed E-state index contributed by atoms with van der Waals surface area (Å²) in [7, 11) is 0. The Morgan fingerprint density at radius 1 is 1.67 bits per heavy atom. The van der Waals surface area contributed by atoms with Crippen LogP contribution in [0, 0.1) is 0 Å². The molecule has 0 spiro atoms. The fourth-order valence-corrected chi connectivity index (χ4v) is 2.11. The number of hydrogen-bond acceptors (Lipinski definition) is 3. The first-order valence-corrected chi connectivity index (χ1v) is 5.11. The molecule has 1 aliphatic carbocycles. The average Bonchev–Trinajstić information content (AvgIpc) is 2.67. The van der Waals surface area contributed by atoms with E-state index in [9.17, 15) is 9.90 Å². The van der Waals surface area contributed by atoms with Gasteiger partial charge in [0, 0.05) is 6.42 Å². The zero-order valence-electron chi connectivity index (χ0n) is 8.62. The lowest BCUT2D eigenvalue weighted by Gasteiger charge is -2.18. The molecule has 1 atom stereocenters. The van der Waals surface area contributed by atoms with Gasteiger partial charge in [0.25, 0.3) is 0 Å². The number of rotatable bonds is 3. The van der Waals surface area contributed by atoms with E-state index in [0.29, 0.717) is 18.6 Å². The lowest BCUT2D eigenvalue weighted by molar-refractivity contribution is -0.143. The minimum absolute atomic E-state index is 0.281. The van der Waals surface area contributed by atoms with Crippen molar-refractivity contribution in [3.05, 3.63) is 23.2 Å². The molecule has 1 heterocycles. The Morgan fingerprint density at radius 3 is 3.00 bits per heavy atom. The van der Waals surface area contributed by atoms with E-state index in [1.807, 2.05) is 13.0 Å². The molecular weight excluding hydrogens is 196 g/mol. The molecule has 1 aromatic heterocycles. The Kier molecular flexibility index (Phi) is 2.31. The molecule has 0 radical (unpaired) electrons. The third-order valence-corrected chi connectivity index (χ3v) is 2.88. The second kappa shape index (κ2) is 3.38. The normalized spacial score (nSPS) is 24.1. The Morgan fingerprint density at radius 2 is 2.40 bits per heavy atom. The van der Waals surface area contributed by atoms with Crippen LogP contribution in [0.25, 0.3) is 0 Å². The van der Waals surface area contributed by atoms with Gasteiger partial charge in [0.15, 0.2) is 0 Å². The molecule has 1 unspecified atom stereocenters. The zero-order valence-corrected chi connectivity index (χ0v) is 8.62. The molecule has 0 amide bonds. The highest BCUT2D eigenvalue weighted by Crippen LogP contribution is 2.41. The molecule has 15 heavy (non-hydrogen) atoms. The molecule has 0 bridgehead atoms. The third-order valence-electron chi connectivity index (χ3n) is 2.88. The van der Waals surface area contributed by atoms with Crippen LogP contribution in [0.4, 0.5) is 0 Å². The summed E-state index contributed by atoms with van der Waals surface area (Å²) >= 11 is 0. The van der Waals surface area contributed by atoms with Gasteiger partial charge in [0.1, 0.15) is 17.1 Å². The Bertz CT molecular complexity index is 393. The topological polar surface area (TPSA) is 70.7 Å². The maximum Gasteiger partial charge on any atom is 0.306 e. The smallest absolute Gasteiger partial charge is 0.306 e. The van der Waals surface area contributed by atoms with Gasteiger partial charge in [-0.2, -0.15) is 0 Å². The van der Waals surface area contributed by atoms with Crippen LogP contribution >= 0.6 is 0 Å². The van der Waals surface area contributed by atoms with Gasteiger partial charge in [-0.05, 0) is 24.5 Å². The summed E-state index contributed by atoms with van der Waals surface area (Å²) in [4.78, 5) is 10.6. The number of aryl methyl sites for hydroxylation is 2. The summed E-state index contributed by atoms with van der Waals surface area (Å²) in [5, 5.41) is 18.9. The highest BCUT2D eigenvalue weighted by atomic mass is 16.4. The number of hydrogen-bond donors (Lipinski definition) is 2. The zero-order chi connectivity index (χ0) is 11.1.